The van der Waals surface area contributed by atoms with Crippen molar-refractivity contribution in [2.75, 3.05) is 25.6 Å². The van der Waals surface area contributed by atoms with Gasteiger partial charge in [0, 0.05) is 25.8 Å². The molecule has 1 N–H and O–H groups in total. The first-order chi connectivity index (χ1) is 10.2. The number of ether oxygens (including phenoxy) is 1. The molecule has 3 rings (SSSR count). The molecule has 0 spiro atoms. The van der Waals surface area contributed by atoms with Crippen LogP contribution in [-0.2, 0) is 16.0 Å². The van der Waals surface area contributed by atoms with E-state index >= 15 is 0 Å². The van der Waals surface area contributed by atoms with Crippen molar-refractivity contribution in [2.24, 2.45) is 0 Å². The van der Waals surface area contributed by atoms with Gasteiger partial charge in [0.1, 0.15) is 0 Å². The second kappa shape index (κ2) is 6.16. The third-order valence-corrected chi connectivity index (χ3v) is 4.70. The van der Waals surface area contributed by atoms with Gasteiger partial charge in [0.05, 0.1) is 12.1 Å². The fourth-order valence-corrected chi connectivity index (χ4v) is 3.47. The topological polar surface area (TPSA) is 41.6 Å². The van der Waals surface area contributed by atoms with Crippen LogP contribution < -0.4 is 10.2 Å². The molecule has 2 unspecified atom stereocenters. The van der Waals surface area contributed by atoms with Gasteiger partial charge in [0.2, 0.25) is 5.91 Å². The molecule has 1 fully saturated rings. The highest BCUT2D eigenvalue weighted by atomic mass is 16.5. The van der Waals surface area contributed by atoms with Crippen molar-refractivity contribution in [1.29, 1.82) is 0 Å². The molecular formula is C17H24N2O2. The first-order valence-corrected chi connectivity index (χ1v) is 7.89. The summed E-state index contributed by atoms with van der Waals surface area (Å²) in [6.45, 7) is 0.866. The van der Waals surface area contributed by atoms with E-state index in [1.807, 2.05) is 14.1 Å². The van der Waals surface area contributed by atoms with E-state index in [1.54, 1.807) is 4.90 Å². The van der Waals surface area contributed by atoms with Crippen molar-refractivity contribution >= 4 is 11.6 Å². The van der Waals surface area contributed by atoms with Gasteiger partial charge in [0.15, 0.2) is 0 Å². The maximum Gasteiger partial charge on any atom is 0.227 e. The predicted molar refractivity (Wildman–Crippen MR) is 83.6 cm³/mol. The van der Waals surface area contributed by atoms with Crippen molar-refractivity contribution < 1.29 is 9.53 Å². The maximum atomic E-state index is 11.8. The minimum atomic E-state index is 0.205. The van der Waals surface area contributed by atoms with E-state index in [0.717, 1.165) is 25.1 Å². The summed E-state index contributed by atoms with van der Waals surface area (Å²) in [6, 6.07) is 6.69. The highest BCUT2D eigenvalue weighted by molar-refractivity contribution is 5.95. The zero-order valence-electron chi connectivity index (χ0n) is 12.9. The zero-order valence-corrected chi connectivity index (χ0v) is 12.9. The van der Waals surface area contributed by atoms with Gasteiger partial charge in [-0.1, -0.05) is 12.1 Å². The Balaban J connectivity index is 1.86. The molecule has 1 amide bonds. The Labute approximate surface area is 126 Å². The molecular weight excluding hydrogens is 264 g/mol. The monoisotopic (exact) mass is 288 g/mol. The maximum absolute atomic E-state index is 11.8. The van der Waals surface area contributed by atoms with Crippen LogP contribution in [0, 0.1) is 0 Å². The van der Waals surface area contributed by atoms with Crippen LogP contribution in [0.4, 0.5) is 5.69 Å². The van der Waals surface area contributed by atoms with E-state index in [-0.39, 0.29) is 18.1 Å². The number of amides is 1. The summed E-state index contributed by atoms with van der Waals surface area (Å²) in [7, 11) is 3.86. The number of hydrogen-bond donors (Lipinski definition) is 1. The molecule has 1 aromatic rings. The molecule has 0 bridgehead atoms. The molecule has 0 aromatic heterocycles. The molecule has 4 heteroatoms. The van der Waals surface area contributed by atoms with Gasteiger partial charge in [0.25, 0.3) is 0 Å². The lowest BCUT2D eigenvalue weighted by atomic mass is 9.92. The number of rotatable bonds is 3. The Kier molecular flexibility index (Phi) is 4.27. The highest BCUT2D eigenvalue weighted by Crippen LogP contribution is 2.32. The van der Waals surface area contributed by atoms with Gasteiger partial charge < -0.3 is 15.0 Å². The Morgan fingerprint density at radius 3 is 2.90 bits per heavy atom. The summed E-state index contributed by atoms with van der Waals surface area (Å²) in [6.07, 6.45) is 5.23. The second-order valence-corrected chi connectivity index (χ2v) is 6.01. The first-order valence-electron chi connectivity index (χ1n) is 7.89. The molecule has 21 heavy (non-hydrogen) atoms. The van der Waals surface area contributed by atoms with Gasteiger partial charge in [-0.15, -0.1) is 0 Å². The lowest BCUT2D eigenvalue weighted by Crippen LogP contribution is -2.35. The number of aryl methyl sites for hydroxylation is 1. The smallest absolute Gasteiger partial charge is 0.227 e. The van der Waals surface area contributed by atoms with Crippen molar-refractivity contribution in [2.45, 2.75) is 44.2 Å². The van der Waals surface area contributed by atoms with E-state index in [2.05, 4.69) is 23.5 Å². The number of fused-ring (bicyclic) bond motifs is 1. The zero-order chi connectivity index (χ0) is 14.8. The van der Waals surface area contributed by atoms with E-state index in [4.69, 9.17) is 4.74 Å². The first kappa shape index (κ1) is 14.5. The summed E-state index contributed by atoms with van der Waals surface area (Å²) in [5.74, 6) is 0.205. The van der Waals surface area contributed by atoms with Crippen LogP contribution in [0.3, 0.4) is 0 Å². The number of anilines is 1. The van der Waals surface area contributed by atoms with Gasteiger partial charge in [-0.05, 0) is 49.9 Å². The van der Waals surface area contributed by atoms with Crippen molar-refractivity contribution in [3.8, 4) is 0 Å². The number of benzene rings is 1. The molecule has 2 heterocycles. The van der Waals surface area contributed by atoms with Crippen LogP contribution in [0.5, 0.6) is 0 Å². The molecule has 0 saturated carbocycles. The third-order valence-electron chi connectivity index (χ3n) is 4.70. The fourth-order valence-electron chi connectivity index (χ4n) is 3.47. The SMILES string of the molecule is CNC(c1ccc2c(c1)CCC(=O)N2C)C1CCCCO1. The van der Waals surface area contributed by atoms with Crippen LogP contribution in [0.15, 0.2) is 18.2 Å². The lowest BCUT2D eigenvalue weighted by Gasteiger charge is -2.32. The number of hydrogen-bond acceptors (Lipinski definition) is 3. The summed E-state index contributed by atoms with van der Waals surface area (Å²) < 4.78 is 5.94. The highest BCUT2D eigenvalue weighted by Gasteiger charge is 2.27. The number of carbonyl (C=O) groups is 1. The van der Waals surface area contributed by atoms with E-state index in [1.165, 1.54) is 24.0 Å². The minimum absolute atomic E-state index is 0.205. The van der Waals surface area contributed by atoms with Gasteiger partial charge in [-0.2, -0.15) is 0 Å². The lowest BCUT2D eigenvalue weighted by molar-refractivity contribution is -0.118. The molecule has 1 aromatic carbocycles. The third kappa shape index (κ3) is 2.83. The Bertz CT molecular complexity index is 524. The van der Waals surface area contributed by atoms with E-state index in [9.17, 15) is 4.79 Å². The summed E-state index contributed by atoms with van der Waals surface area (Å²) in [4.78, 5) is 13.5. The summed E-state index contributed by atoms with van der Waals surface area (Å²) in [5, 5.41) is 3.41. The number of carbonyl (C=O) groups excluding carboxylic acids is 1. The summed E-state index contributed by atoms with van der Waals surface area (Å²) in [5.41, 5.74) is 3.59. The Morgan fingerprint density at radius 1 is 1.33 bits per heavy atom. The molecule has 114 valence electrons. The van der Waals surface area contributed by atoms with E-state index in [0.29, 0.717) is 6.42 Å². The molecule has 2 atom stereocenters. The van der Waals surface area contributed by atoms with Crippen LogP contribution in [0.1, 0.15) is 42.9 Å². The van der Waals surface area contributed by atoms with E-state index < -0.39 is 0 Å². The number of likely N-dealkylation sites (N-methyl/N-ethyl adjacent to an activating group) is 1. The average molecular weight is 288 g/mol. The van der Waals surface area contributed by atoms with Crippen LogP contribution in [0.2, 0.25) is 0 Å². The molecule has 1 saturated heterocycles. The van der Waals surface area contributed by atoms with Crippen LogP contribution in [0.25, 0.3) is 0 Å². The molecule has 0 radical (unpaired) electrons. The molecule has 4 nitrogen and oxygen atoms in total. The normalized spacial score (nSPS) is 23.8. The predicted octanol–water partition coefficient (Wildman–Crippen LogP) is 2.43. The number of nitrogens with one attached hydrogen (secondary N) is 1. The molecule has 2 aliphatic rings. The molecule has 2 aliphatic heterocycles. The Hall–Kier alpha value is -1.39. The van der Waals surface area contributed by atoms with Gasteiger partial charge >= 0.3 is 0 Å². The number of nitrogens with zero attached hydrogens (tertiary/aromatic N) is 1. The largest absolute Gasteiger partial charge is 0.376 e. The minimum Gasteiger partial charge on any atom is -0.376 e. The van der Waals surface area contributed by atoms with Gasteiger partial charge in [-0.25, -0.2) is 0 Å². The summed E-state index contributed by atoms with van der Waals surface area (Å²) >= 11 is 0. The van der Waals surface area contributed by atoms with Crippen molar-refractivity contribution in [3.63, 3.8) is 0 Å². The van der Waals surface area contributed by atoms with Crippen LogP contribution >= 0.6 is 0 Å². The average Bonchev–Trinajstić information content (AvgIpc) is 2.53. The quantitative estimate of drug-likeness (QED) is 0.929. The second-order valence-electron chi connectivity index (χ2n) is 6.01. The standard InChI is InChI=1S/C17H24N2O2/c1-18-17(15-5-3-4-10-21-15)13-6-8-14-12(11-13)7-9-16(20)19(14)2/h6,8,11,15,17-18H,3-5,7,9-10H2,1-2H3. The Morgan fingerprint density at radius 2 is 2.19 bits per heavy atom. The van der Waals surface area contributed by atoms with Crippen LogP contribution in [-0.4, -0.2) is 32.7 Å². The van der Waals surface area contributed by atoms with Gasteiger partial charge in [-0.3, -0.25) is 4.79 Å². The van der Waals surface area contributed by atoms with Crippen molar-refractivity contribution in [3.05, 3.63) is 29.3 Å². The fraction of sp³-hybridized carbons (Fsp3) is 0.588. The van der Waals surface area contributed by atoms with Crippen molar-refractivity contribution in [1.82, 2.24) is 5.32 Å². The molecule has 0 aliphatic carbocycles.